The number of hydrogen-bond acceptors (Lipinski definition) is 19. The van der Waals surface area contributed by atoms with E-state index in [1.807, 2.05) is 20.8 Å². The zero-order valence-electron chi connectivity index (χ0n) is 60.1. The van der Waals surface area contributed by atoms with E-state index < -0.39 is 192 Å². The Morgan fingerprint density at radius 1 is 0.459 bits per heavy atom. The Labute approximate surface area is 576 Å². The summed E-state index contributed by atoms with van der Waals surface area (Å²) in [4.78, 5) is 203. The van der Waals surface area contributed by atoms with Crippen molar-refractivity contribution in [1.29, 1.82) is 0 Å². The topological polar surface area (TPSA) is 508 Å². The summed E-state index contributed by atoms with van der Waals surface area (Å²) in [6, 6.07) is -15.2. The molecule has 14 amide bonds. The lowest BCUT2D eigenvalue weighted by Gasteiger charge is -2.30. The number of carbonyl (C=O) groups is 15. The molecule has 0 aromatic carbocycles. The minimum absolute atomic E-state index is 0.0220. The molecule has 1 rings (SSSR count). The summed E-state index contributed by atoms with van der Waals surface area (Å²) in [5.41, 5.74) is 11.2. The number of carbonyl (C=O) groups excluding carboxylic acids is 15. The second-order valence-corrected chi connectivity index (χ2v) is 27.4. The smallest absolute Gasteiger partial charge is 0.245 e. The van der Waals surface area contributed by atoms with E-state index in [0.717, 1.165) is 13.8 Å². The SMILES string of the molecule is CC[C@H](C)[C@H](NC(=O)CN)C(=O)NCC(=O)N[C@@H](C)C(=O)N[C@H](C(=O)N[C@@H](CC(C)C)C(=O)N[C@@H](CCCCN)C(=O)N[C@H](C(=O)N[C@@H](CC(C)C)C(=O)N[C@H](C(=O)N[C@H](C(=O)NCC(=O)N[C@@H](CC(C)C)C(=O)N1CCC[C@H]1C(=O)N[C@@H](C)C=O)[C@@H](C)O)[C@@H](C)O)C(C)C)C(C)C. The highest BCUT2D eigenvalue weighted by molar-refractivity contribution is 6.00. The van der Waals surface area contributed by atoms with Gasteiger partial charge in [-0.25, -0.2) is 0 Å². The van der Waals surface area contributed by atoms with Crippen LogP contribution >= 0.6 is 0 Å². The van der Waals surface area contributed by atoms with E-state index in [1.165, 1.54) is 18.7 Å². The fourth-order valence-electron chi connectivity index (χ4n) is 10.5. The van der Waals surface area contributed by atoms with E-state index in [9.17, 15) is 82.1 Å². The molecule has 558 valence electrons. The van der Waals surface area contributed by atoms with Gasteiger partial charge in [0, 0.05) is 6.54 Å². The summed E-state index contributed by atoms with van der Waals surface area (Å²) in [6.07, 6.45) is -0.413. The Bertz CT molecular complexity index is 2690. The van der Waals surface area contributed by atoms with Crippen LogP contribution in [0.1, 0.15) is 169 Å². The van der Waals surface area contributed by atoms with Crippen LogP contribution in [0.3, 0.4) is 0 Å². The van der Waals surface area contributed by atoms with Crippen molar-refractivity contribution in [3.63, 3.8) is 0 Å². The number of nitrogens with one attached hydrogen (secondary N) is 13. The predicted octanol–water partition coefficient (Wildman–Crippen LogP) is -3.87. The fourth-order valence-corrected chi connectivity index (χ4v) is 10.5. The van der Waals surface area contributed by atoms with Gasteiger partial charge in [0.15, 0.2) is 0 Å². The van der Waals surface area contributed by atoms with Crippen molar-refractivity contribution in [3.05, 3.63) is 0 Å². The van der Waals surface area contributed by atoms with Crippen LogP contribution in [0.4, 0.5) is 0 Å². The molecule has 0 radical (unpaired) electrons. The number of aliphatic hydroxyl groups is 2. The molecule has 1 heterocycles. The van der Waals surface area contributed by atoms with Gasteiger partial charge in [0.05, 0.1) is 37.9 Å². The normalized spacial score (nSPS) is 17.3. The molecule has 1 fully saturated rings. The molecule has 33 nitrogen and oxygen atoms in total. The molecule has 0 aromatic rings. The largest absolute Gasteiger partial charge is 0.391 e. The van der Waals surface area contributed by atoms with Gasteiger partial charge in [0.25, 0.3) is 0 Å². The highest BCUT2D eigenvalue weighted by Gasteiger charge is 2.41. The number of aliphatic hydroxyl groups excluding tert-OH is 2. The standard InChI is InChI=1S/C65H116N16O17/c1-17-37(12)52(76-47(85)28-67)60(93)68-29-48(86)71-39(14)55(88)77-50(35(8)9)62(95)74-43(25-32(2)3)57(90)73-42(21-18-19-23-66)56(89)78-51(36(10)11)63(96)75-44(26-33(4)5)58(91)79-54(41(16)84)64(97)80-53(40(15)83)61(94)69-30-49(87)72-45(27-34(6)7)65(98)81-24-20-22-46(81)59(92)70-38(13)31-82/h31-46,50-54,83-84H,17-30,66-67H2,1-16H3,(H,68,93)(H,69,94)(H,70,92)(H,71,86)(H,72,87)(H,73,90)(H,74,95)(H,75,96)(H,76,85)(H,77,88)(H,78,89)(H,79,91)(H,80,97)/t37-,38-,39-,40+,41+,42-,43-,44-,45-,46-,50-,51-,52-,53-,54-/m0/s1. The van der Waals surface area contributed by atoms with Crippen molar-refractivity contribution in [1.82, 2.24) is 74.0 Å². The fraction of sp³-hybridized carbons (Fsp3) is 0.769. The van der Waals surface area contributed by atoms with E-state index in [-0.39, 0.29) is 69.0 Å². The lowest BCUT2D eigenvalue weighted by atomic mass is 9.98. The zero-order chi connectivity index (χ0) is 75.0. The van der Waals surface area contributed by atoms with Crippen LogP contribution in [-0.2, 0) is 71.9 Å². The van der Waals surface area contributed by atoms with Gasteiger partial charge in [-0.05, 0) is 121 Å². The van der Waals surface area contributed by atoms with Crippen molar-refractivity contribution in [2.45, 2.75) is 253 Å². The maximum Gasteiger partial charge on any atom is 0.245 e. The molecule has 33 heteroatoms. The molecular weight excluding hydrogens is 1280 g/mol. The Morgan fingerprint density at radius 2 is 0.878 bits per heavy atom. The lowest BCUT2D eigenvalue weighted by Crippen LogP contribution is -2.63. The molecule has 1 aliphatic heterocycles. The molecule has 19 N–H and O–H groups in total. The van der Waals surface area contributed by atoms with Crippen LogP contribution in [0.25, 0.3) is 0 Å². The first kappa shape index (κ1) is 88.1. The Kier molecular flexibility index (Phi) is 39.7. The highest BCUT2D eigenvalue weighted by atomic mass is 16.3. The summed E-state index contributed by atoms with van der Waals surface area (Å²) >= 11 is 0. The van der Waals surface area contributed by atoms with Crippen molar-refractivity contribution in [3.8, 4) is 0 Å². The molecule has 98 heavy (non-hydrogen) atoms. The minimum Gasteiger partial charge on any atom is -0.391 e. The first-order valence-corrected chi connectivity index (χ1v) is 34.1. The van der Waals surface area contributed by atoms with E-state index in [4.69, 9.17) is 11.5 Å². The third-order valence-corrected chi connectivity index (χ3v) is 16.2. The van der Waals surface area contributed by atoms with E-state index in [2.05, 4.69) is 69.1 Å². The minimum atomic E-state index is -1.81. The quantitative estimate of drug-likeness (QED) is 0.0205. The molecular formula is C65H116N16O17. The molecule has 0 aliphatic carbocycles. The van der Waals surface area contributed by atoms with E-state index >= 15 is 0 Å². The van der Waals surface area contributed by atoms with E-state index in [0.29, 0.717) is 38.4 Å². The maximum atomic E-state index is 14.4. The van der Waals surface area contributed by atoms with Crippen molar-refractivity contribution < 1.29 is 82.1 Å². The number of unbranched alkanes of at least 4 members (excludes halogenated alkanes) is 1. The van der Waals surface area contributed by atoms with Crippen LogP contribution in [0.2, 0.25) is 0 Å². The zero-order valence-corrected chi connectivity index (χ0v) is 60.1. The van der Waals surface area contributed by atoms with Gasteiger partial charge in [-0.15, -0.1) is 0 Å². The molecule has 0 saturated carbocycles. The third-order valence-electron chi connectivity index (χ3n) is 16.2. The first-order valence-electron chi connectivity index (χ1n) is 34.1. The second kappa shape index (κ2) is 44.2. The first-order chi connectivity index (χ1) is 45.7. The molecule has 0 spiro atoms. The summed E-state index contributed by atoms with van der Waals surface area (Å²) in [6.45, 7) is 24.7. The summed E-state index contributed by atoms with van der Waals surface area (Å²) in [7, 11) is 0. The average Bonchev–Trinajstić information content (AvgIpc) is 1.57. The van der Waals surface area contributed by atoms with Gasteiger partial charge in [0.1, 0.15) is 72.7 Å². The van der Waals surface area contributed by atoms with Crippen molar-refractivity contribution in [2.24, 2.45) is 47.0 Å². The molecule has 0 unspecified atom stereocenters. The number of nitrogens with zero attached hydrogens (tertiary/aromatic N) is 1. The number of rotatable bonds is 44. The monoisotopic (exact) mass is 1390 g/mol. The van der Waals surface area contributed by atoms with Crippen molar-refractivity contribution >= 4 is 89.0 Å². The molecule has 1 saturated heterocycles. The maximum absolute atomic E-state index is 14.4. The Morgan fingerprint density at radius 3 is 1.34 bits per heavy atom. The highest BCUT2D eigenvalue weighted by Crippen LogP contribution is 2.21. The number of amides is 14. The molecule has 15 atom stereocenters. The number of nitrogens with two attached hydrogens (primary N) is 2. The van der Waals surface area contributed by atoms with Crippen LogP contribution in [0.15, 0.2) is 0 Å². The van der Waals surface area contributed by atoms with Crippen LogP contribution in [0.5, 0.6) is 0 Å². The van der Waals surface area contributed by atoms with Crippen molar-refractivity contribution in [2.75, 3.05) is 32.7 Å². The summed E-state index contributed by atoms with van der Waals surface area (Å²) < 4.78 is 0. The van der Waals surface area contributed by atoms with Gasteiger partial charge in [0.2, 0.25) is 82.7 Å². The molecule has 1 aliphatic rings. The Balaban J connectivity index is 3.31. The third kappa shape index (κ3) is 30.9. The van der Waals surface area contributed by atoms with Crippen LogP contribution < -0.4 is 80.6 Å². The van der Waals surface area contributed by atoms with Crippen LogP contribution in [-0.4, -0.2) is 222 Å². The number of aldehydes is 1. The van der Waals surface area contributed by atoms with Gasteiger partial charge in [-0.1, -0.05) is 89.5 Å². The Hall–Kier alpha value is -7.91. The van der Waals surface area contributed by atoms with Crippen LogP contribution in [0, 0.1) is 35.5 Å². The van der Waals surface area contributed by atoms with Gasteiger partial charge >= 0.3 is 0 Å². The summed E-state index contributed by atoms with van der Waals surface area (Å²) in [5, 5.41) is 54.6. The molecule has 0 aromatic heterocycles. The van der Waals surface area contributed by atoms with Gasteiger partial charge in [-0.3, -0.25) is 67.1 Å². The second-order valence-electron chi connectivity index (χ2n) is 27.4. The summed E-state index contributed by atoms with van der Waals surface area (Å²) in [5.74, 6) is -13.1. The van der Waals surface area contributed by atoms with Gasteiger partial charge in [-0.2, -0.15) is 0 Å². The number of likely N-dealkylation sites (tertiary alicyclic amines) is 1. The lowest BCUT2D eigenvalue weighted by molar-refractivity contribution is -0.142. The predicted molar refractivity (Wildman–Crippen MR) is 362 cm³/mol. The average molecular weight is 1390 g/mol. The number of hydrogen-bond donors (Lipinski definition) is 17. The van der Waals surface area contributed by atoms with Gasteiger partial charge < -0.3 is 100 Å². The van der Waals surface area contributed by atoms with E-state index in [1.54, 1.807) is 62.3 Å². The molecule has 0 bridgehead atoms.